The molecule has 0 radical (unpaired) electrons. The van der Waals surface area contributed by atoms with Gasteiger partial charge in [-0.15, -0.1) is 11.3 Å². The number of hydrogen-bond acceptors (Lipinski definition) is 3. The average molecular weight is 370 g/mol. The fraction of sp³-hybridized carbons (Fsp3) is 0.545. The van der Waals surface area contributed by atoms with E-state index in [0.29, 0.717) is 5.56 Å². The van der Waals surface area contributed by atoms with Gasteiger partial charge in [0.2, 0.25) is 0 Å². The van der Waals surface area contributed by atoms with Crippen LogP contribution < -0.4 is 0 Å². The van der Waals surface area contributed by atoms with Gasteiger partial charge in [-0.3, -0.25) is 4.79 Å². The lowest BCUT2D eigenvalue weighted by Gasteiger charge is -2.10. The first kappa shape index (κ1) is 14.4. The lowest BCUT2D eigenvalue weighted by molar-refractivity contribution is 0.0490. The van der Waals surface area contributed by atoms with E-state index in [0.717, 1.165) is 20.4 Å². The van der Waals surface area contributed by atoms with E-state index >= 15 is 0 Å². The molecule has 0 aliphatic heterocycles. The normalized spacial score (nSPS) is 12.8. The number of carbonyl (C=O) groups excluding carboxylic acids is 1. The molecule has 0 amide bonds. The number of ether oxygens (including phenoxy) is 1. The quantitative estimate of drug-likeness (QED) is 0.681. The van der Waals surface area contributed by atoms with Crippen molar-refractivity contribution < 1.29 is 9.53 Å². The third-order valence-electron chi connectivity index (χ3n) is 2.15. The summed E-state index contributed by atoms with van der Waals surface area (Å²) in [6, 6.07) is 1.82. The highest BCUT2D eigenvalue weighted by atomic mass is 79.9. The molecular formula is C11H14Br2O2S. The molecule has 0 bridgehead atoms. The summed E-state index contributed by atoms with van der Waals surface area (Å²) in [5.41, 5.74) is 0.695. The predicted molar refractivity (Wildman–Crippen MR) is 74.4 cm³/mol. The standard InChI is InChI=1S/C11H14Br2O2S/c1-3-4-7(2)15-6-9(14)8-5-10(12)16-11(8)13/h5,7H,3-4,6H2,1-2H3. The van der Waals surface area contributed by atoms with Crippen molar-refractivity contribution >= 4 is 49.0 Å². The number of halogens is 2. The molecule has 0 saturated heterocycles. The molecule has 0 aliphatic carbocycles. The van der Waals surface area contributed by atoms with Gasteiger partial charge in [-0.25, -0.2) is 0 Å². The molecule has 2 nitrogen and oxygen atoms in total. The Bertz CT molecular complexity index is 363. The Labute approximate surface area is 117 Å². The summed E-state index contributed by atoms with van der Waals surface area (Å²) in [5, 5.41) is 0. The minimum Gasteiger partial charge on any atom is -0.370 e. The van der Waals surface area contributed by atoms with E-state index in [1.807, 2.05) is 13.0 Å². The zero-order chi connectivity index (χ0) is 12.1. The molecule has 1 rings (SSSR count). The van der Waals surface area contributed by atoms with Gasteiger partial charge in [-0.05, 0) is 51.3 Å². The molecule has 1 unspecified atom stereocenters. The number of ketones is 1. The topological polar surface area (TPSA) is 26.3 Å². The summed E-state index contributed by atoms with van der Waals surface area (Å²) in [6.45, 7) is 4.26. The highest BCUT2D eigenvalue weighted by molar-refractivity contribution is 9.12. The molecule has 0 aromatic carbocycles. The molecule has 0 fully saturated rings. The highest BCUT2D eigenvalue weighted by Crippen LogP contribution is 2.32. The van der Waals surface area contributed by atoms with Crippen LogP contribution in [0.4, 0.5) is 0 Å². The Morgan fingerprint density at radius 3 is 2.75 bits per heavy atom. The van der Waals surface area contributed by atoms with Gasteiger partial charge >= 0.3 is 0 Å². The van der Waals surface area contributed by atoms with Gasteiger partial charge in [0.25, 0.3) is 0 Å². The lowest BCUT2D eigenvalue weighted by atomic mass is 10.2. The van der Waals surface area contributed by atoms with E-state index in [1.54, 1.807) is 0 Å². The molecule has 90 valence electrons. The third-order valence-corrected chi connectivity index (χ3v) is 4.49. The van der Waals surface area contributed by atoms with Crippen LogP contribution in [0.2, 0.25) is 0 Å². The van der Waals surface area contributed by atoms with Crippen molar-refractivity contribution in [2.75, 3.05) is 6.61 Å². The van der Waals surface area contributed by atoms with Crippen LogP contribution in [-0.2, 0) is 4.74 Å². The largest absolute Gasteiger partial charge is 0.370 e. The highest BCUT2D eigenvalue weighted by Gasteiger charge is 2.14. The van der Waals surface area contributed by atoms with Gasteiger partial charge in [0.05, 0.1) is 13.7 Å². The summed E-state index contributed by atoms with van der Waals surface area (Å²) >= 11 is 8.22. The van der Waals surface area contributed by atoms with Gasteiger partial charge in [0.1, 0.15) is 6.61 Å². The molecule has 1 aromatic heterocycles. The summed E-state index contributed by atoms with van der Waals surface area (Å²) in [7, 11) is 0. The second kappa shape index (κ2) is 6.89. The maximum absolute atomic E-state index is 11.8. The monoisotopic (exact) mass is 368 g/mol. The van der Waals surface area contributed by atoms with E-state index in [1.165, 1.54) is 11.3 Å². The minimum atomic E-state index is 0.0248. The Morgan fingerprint density at radius 2 is 2.25 bits per heavy atom. The Balaban J connectivity index is 2.50. The number of rotatable bonds is 6. The molecular weight excluding hydrogens is 356 g/mol. The number of Topliss-reactive ketones (excluding diaryl/α,β-unsaturated/α-hetero) is 1. The smallest absolute Gasteiger partial charge is 0.190 e. The fourth-order valence-corrected chi connectivity index (χ4v) is 4.17. The van der Waals surface area contributed by atoms with Crippen molar-refractivity contribution in [3.63, 3.8) is 0 Å². The molecule has 0 N–H and O–H groups in total. The predicted octanol–water partition coefficient (Wildman–Crippen LogP) is 4.66. The van der Waals surface area contributed by atoms with Crippen LogP contribution in [0.1, 0.15) is 37.0 Å². The number of hydrogen-bond donors (Lipinski definition) is 0. The van der Waals surface area contributed by atoms with Crippen molar-refractivity contribution in [3.8, 4) is 0 Å². The van der Waals surface area contributed by atoms with Gasteiger partial charge < -0.3 is 4.74 Å². The second-order valence-corrected chi connectivity index (χ2v) is 7.32. The summed E-state index contributed by atoms with van der Waals surface area (Å²) in [4.78, 5) is 11.8. The van der Waals surface area contributed by atoms with Crippen molar-refractivity contribution in [2.45, 2.75) is 32.8 Å². The molecule has 1 atom stereocenters. The first-order valence-electron chi connectivity index (χ1n) is 5.14. The van der Waals surface area contributed by atoms with Crippen molar-refractivity contribution in [1.29, 1.82) is 0 Å². The zero-order valence-corrected chi connectivity index (χ0v) is 13.2. The lowest BCUT2D eigenvalue weighted by Crippen LogP contribution is -2.15. The second-order valence-electron chi connectivity index (χ2n) is 3.57. The van der Waals surface area contributed by atoms with Crippen molar-refractivity contribution in [2.24, 2.45) is 0 Å². The molecule has 1 heterocycles. The SMILES string of the molecule is CCCC(C)OCC(=O)c1cc(Br)sc1Br. The fourth-order valence-electron chi connectivity index (χ4n) is 1.32. The van der Waals surface area contributed by atoms with E-state index in [-0.39, 0.29) is 18.5 Å². The van der Waals surface area contributed by atoms with E-state index in [9.17, 15) is 4.79 Å². The first-order valence-corrected chi connectivity index (χ1v) is 7.54. The van der Waals surface area contributed by atoms with Gasteiger partial charge in [-0.1, -0.05) is 13.3 Å². The van der Waals surface area contributed by atoms with Crippen molar-refractivity contribution in [1.82, 2.24) is 0 Å². The summed E-state index contributed by atoms with van der Waals surface area (Å²) in [6.07, 6.45) is 2.21. The summed E-state index contributed by atoms with van der Waals surface area (Å²) < 4.78 is 7.29. The van der Waals surface area contributed by atoms with Gasteiger partial charge in [0, 0.05) is 5.56 Å². The van der Waals surface area contributed by atoms with E-state index in [2.05, 4.69) is 38.8 Å². The van der Waals surface area contributed by atoms with Crippen LogP contribution in [0.25, 0.3) is 0 Å². The van der Waals surface area contributed by atoms with Crippen molar-refractivity contribution in [3.05, 3.63) is 19.2 Å². The van der Waals surface area contributed by atoms with Crippen LogP contribution in [-0.4, -0.2) is 18.5 Å². The molecule has 0 spiro atoms. The van der Waals surface area contributed by atoms with Crippen LogP contribution in [0.5, 0.6) is 0 Å². The van der Waals surface area contributed by atoms with Crippen LogP contribution in [0.3, 0.4) is 0 Å². The maximum Gasteiger partial charge on any atom is 0.190 e. The number of thiophene rings is 1. The minimum absolute atomic E-state index is 0.0248. The van der Waals surface area contributed by atoms with E-state index < -0.39 is 0 Å². The zero-order valence-electron chi connectivity index (χ0n) is 9.26. The Kier molecular flexibility index (Phi) is 6.18. The summed E-state index contributed by atoms with van der Waals surface area (Å²) in [5.74, 6) is 0.0248. The van der Waals surface area contributed by atoms with E-state index in [4.69, 9.17) is 4.74 Å². The molecule has 0 saturated carbocycles. The van der Waals surface area contributed by atoms with Crippen LogP contribution in [0.15, 0.2) is 13.6 Å². The maximum atomic E-state index is 11.8. The molecule has 5 heteroatoms. The molecule has 1 aromatic rings. The van der Waals surface area contributed by atoms with Crippen LogP contribution >= 0.6 is 43.2 Å². The van der Waals surface area contributed by atoms with Crippen LogP contribution in [0, 0.1) is 0 Å². The molecule has 0 aliphatic rings. The van der Waals surface area contributed by atoms with Gasteiger partial charge in [0.15, 0.2) is 5.78 Å². The van der Waals surface area contributed by atoms with Gasteiger partial charge in [-0.2, -0.15) is 0 Å². The third kappa shape index (κ3) is 4.28. The average Bonchev–Trinajstić information content (AvgIpc) is 2.55. The Morgan fingerprint density at radius 1 is 1.56 bits per heavy atom. The Hall–Kier alpha value is 0.290. The molecule has 16 heavy (non-hydrogen) atoms. The first-order chi connectivity index (χ1) is 7.54. The number of carbonyl (C=O) groups is 1.